The molecule has 1 aliphatic heterocycles. The summed E-state index contributed by atoms with van der Waals surface area (Å²) < 4.78 is 32.3. The van der Waals surface area contributed by atoms with Gasteiger partial charge in [0.1, 0.15) is 29.2 Å². The van der Waals surface area contributed by atoms with Crippen LogP contribution in [0, 0.1) is 18.6 Å². The van der Waals surface area contributed by atoms with Gasteiger partial charge in [0.15, 0.2) is 0 Å². The summed E-state index contributed by atoms with van der Waals surface area (Å²) in [6, 6.07) is 5.28. The van der Waals surface area contributed by atoms with Crippen LogP contribution >= 0.6 is 11.6 Å². The van der Waals surface area contributed by atoms with Crippen molar-refractivity contribution in [3.63, 3.8) is 0 Å². The zero-order valence-corrected chi connectivity index (χ0v) is 14.6. The third kappa shape index (κ3) is 3.99. The SMILES string of the molecule is CC1=CC(OCc2ccc(F)cc2F)=CCN1c1cc(Cl)ncc1C. The number of allylic oxidation sites excluding steroid dienone is 2. The summed E-state index contributed by atoms with van der Waals surface area (Å²) in [6.07, 6.45) is 5.51. The van der Waals surface area contributed by atoms with Gasteiger partial charge in [0, 0.05) is 35.8 Å². The summed E-state index contributed by atoms with van der Waals surface area (Å²) in [5.41, 5.74) is 3.28. The largest absolute Gasteiger partial charge is 0.489 e. The quantitative estimate of drug-likeness (QED) is 0.704. The van der Waals surface area contributed by atoms with Crippen LogP contribution in [0.25, 0.3) is 0 Å². The maximum absolute atomic E-state index is 13.7. The Morgan fingerprint density at radius 2 is 2.04 bits per heavy atom. The number of pyridine rings is 1. The third-order valence-corrected chi connectivity index (χ3v) is 4.20. The average Bonchev–Trinajstić information content (AvgIpc) is 2.57. The molecule has 1 aromatic carbocycles. The van der Waals surface area contributed by atoms with E-state index in [0.29, 0.717) is 23.0 Å². The Morgan fingerprint density at radius 3 is 2.76 bits per heavy atom. The Morgan fingerprint density at radius 1 is 1.24 bits per heavy atom. The topological polar surface area (TPSA) is 25.4 Å². The molecule has 0 amide bonds. The highest BCUT2D eigenvalue weighted by atomic mass is 35.5. The van der Waals surface area contributed by atoms with E-state index in [1.54, 1.807) is 6.20 Å². The van der Waals surface area contributed by atoms with E-state index in [9.17, 15) is 8.78 Å². The van der Waals surface area contributed by atoms with Gasteiger partial charge in [0.25, 0.3) is 0 Å². The second-order valence-corrected chi connectivity index (χ2v) is 6.21. The fraction of sp³-hybridized carbons (Fsp3) is 0.211. The first kappa shape index (κ1) is 17.4. The zero-order chi connectivity index (χ0) is 18.0. The Hall–Kier alpha value is -2.40. The molecule has 0 fully saturated rings. The monoisotopic (exact) mass is 362 g/mol. The minimum absolute atomic E-state index is 0.0435. The molecule has 25 heavy (non-hydrogen) atoms. The summed E-state index contributed by atoms with van der Waals surface area (Å²) in [7, 11) is 0. The summed E-state index contributed by atoms with van der Waals surface area (Å²) in [5, 5.41) is 0.436. The Balaban J connectivity index is 1.71. The highest BCUT2D eigenvalue weighted by molar-refractivity contribution is 6.29. The van der Waals surface area contributed by atoms with Crippen LogP contribution in [0.3, 0.4) is 0 Å². The maximum Gasteiger partial charge on any atom is 0.132 e. The predicted octanol–water partition coefficient (Wildman–Crippen LogP) is 5.15. The van der Waals surface area contributed by atoms with Crippen LogP contribution in [0.5, 0.6) is 0 Å². The van der Waals surface area contributed by atoms with Crippen LogP contribution in [0.4, 0.5) is 14.5 Å². The van der Waals surface area contributed by atoms with Crippen LogP contribution < -0.4 is 4.90 Å². The standard InChI is InChI=1S/C19H17ClF2N2O/c1-12-10-23-19(20)9-18(12)24-6-5-16(7-13(24)2)25-11-14-3-4-15(21)8-17(14)22/h3-5,7-10H,6,11H2,1-2H3. The third-order valence-electron chi connectivity index (χ3n) is 3.99. The van der Waals surface area contributed by atoms with Crippen molar-refractivity contribution in [1.82, 2.24) is 4.98 Å². The minimum atomic E-state index is -0.610. The van der Waals surface area contributed by atoms with Crippen molar-refractivity contribution in [3.05, 3.63) is 82.0 Å². The molecule has 6 heteroatoms. The van der Waals surface area contributed by atoms with Crippen molar-refractivity contribution in [2.45, 2.75) is 20.5 Å². The number of ether oxygens (including phenoxy) is 1. The van der Waals surface area contributed by atoms with Crippen LogP contribution in [-0.2, 0) is 11.3 Å². The van der Waals surface area contributed by atoms with Crippen molar-refractivity contribution in [1.29, 1.82) is 0 Å². The van der Waals surface area contributed by atoms with Crippen LogP contribution in [0.2, 0.25) is 5.15 Å². The van der Waals surface area contributed by atoms with Crippen molar-refractivity contribution < 1.29 is 13.5 Å². The van der Waals surface area contributed by atoms with Crippen LogP contribution in [-0.4, -0.2) is 11.5 Å². The zero-order valence-electron chi connectivity index (χ0n) is 13.9. The molecule has 3 nitrogen and oxygen atoms in total. The van der Waals surface area contributed by atoms with Crippen LogP contribution in [0.1, 0.15) is 18.1 Å². The smallest absolute Gasteiger partial charge is 0.132 e. The van der Waals surface area contributed by atoms with Gasteiger partial charge in [-0.3, -0.25) is 0 Å². The normalized spacial score (nSPS) is 14.2. The first-order valence-corrected chi connectivity index (χ1v) is 8.16. The molecule has 0 unspecified atom stereocenters. The molecule has 0 N–H and O–H groups in total. The van der Waals surface area contributed by atoms with Gasteiger partial charge in [-0.15, -0.1) is 0 Å². The lowest BCUT2D eigenvalue weighted by molar-refractivity contribution is 0.205. The molecule has 3 rings (SSSR count). The molecule has 0 saturated heterocycles. The molecule has 1 aromatic heterocycles. The first-order chi connectivity index (χ1) is 11.9. The summed E-state index contributed by atoms with van der Waals surface area (Å²) >= 11 is 6.00. The number of hydrogen-bond acceptors (Lipinski definition) is 3. The van der Waals surface area contributed by atoms with Gasteiger partial charge in [-0.25, -0.2) is 13.8 Å². The minimum Gasteiger partial charge on any atom is -0.489 e. The Kier molecular flexibility index (Phi) is 5.04. The van der Waals surface area contributed by atoms with E-state index in [-0.39, 0.29) is 6.61 Å². The molecular formula is C19H17ClF2N2O. The number of benzene rings is 1. The van der Waals surface area contributed by atoms with Crippen molar-refractivity contribution >= 4 is 17.3 Å². The van der Waals surface area contributed by atoms with Crippen molar-refractivity contribution in [2.24, 2.45) is 0 Å². The molecule has 0 spiro atoms. The fourth-order valence-electron chi connectivity index (χ4n) is 2.64. The van der Waals surface area contributed by atoms with Gasteiger partial charge >= 0.3 is 0 Å². The van der Waals surface area contributed by atoms with E-state index in [2.05, 4.69) is 9.88 Å². The van der Waals surface area contributed by atoms with Gasteiger partial charge in [0.2, 0.25) is 0 Å². The van der Waals surface area contributed by atoms with Gasteiger partial charge in [-0.1, -0.05) is 11.6 Å². The lowest BCUT2D eigenvalue weighted by Crippen LogP contribution is -2.25. The molecule has 1 aliphatic rings. The molecule has 0 atom stereocenters. The number of halogens is 3. The van der Waals surface area contributed by atoms with Gasteiger partial charge < -0.3 is 9.64 Å². The van der Waals surface area contributed by atoms with E-state index < -0.39 is 11.6 Å². The molecule has 2 aromatic rings. The average molecular weight is 363 g/mol. The van der Waals surface area contributed by atoms with E-state index in [4.69, 9.17) is 16.3 Å². The molecule has 2 heterocycles. The van der Waals surface area contributed by atoms with Gasteiger partial charge in [-0.2, -0.15) is 0 Å². The van der Waals surface area contributed by atoms with Gasteiger partial charge in [0.05, 0.1) is 0 Å². The second-order valence-electron chi connectivity index (χ2n) is 5.82. The molecule has 130 valence electrons. The van der Waals surface area contributed by atoms with Crippen LogP contribution in [0.15, 0.2) is 54.1 Å². The number of aryl methyl sites for hydroxylation is 1. The predicted molar refractivity (Wildman–Crippen MR) is 94.3 cm³/mol. The summed E-state index contributed by atoms with van der Waals surface area (Å²) in [4.78, 5) is 6.16. The lowest BCUT2D eigenvalue weighted by Gasteiger charge is -2.29. The maximum atomic E-state index is 13.7. The number of nitrogens with zero attached hydrogens (tertiary/aromatic N) is 2. The molecule has 0 saturated carbocycles. The van der Waals surface area contributed by atoms with Crippen molar-refractivity contribution in [2.75, 3.05) is 11.4 Å². The van der Waals surface area contributed by atoms with Crippen molar-refractivity contribution in [3.8, 4) is 0 Å². The molecular weight excluding hydrogens is 346 g/mol. The first-order valence-electron chi connectivity index (χ1n) is 7.79. The molecule has 0 radical (unpaired) electrons. The van der Waals surface area contributed by atoms with E-state index in [0.717, 1.165) is 23.0 Å². The summed E-state index contributed by atoms with van der Waals surface area (Å²) in [6.45, 7) is 4.58. The molecule has 0 aliphatic carbocycles. The number of anilines is 1. The summed E-state index contributed by atoms with van der Waals surface area (Å²) in [5.74, 6) is -0.563. The second kappa shape index (κ2) is 7.23. The highest BCUT2D eigenvalue weighted by Gasteiger charge is 2.16. The van der Waals surface area contributed by atoms with E-state index in [1.165, 1.54) is 12.1 Å². The number of aromatic nitrogens is 1. The lowest BCUT2D eigenvalue weighted by atomic mass is 10.1. The van der Waals surface area contributed by atoms with E-state index in [1.807, 2.05) is 32.1 Å². The Labute approximate surface area is 150 Å². The molecule has 0 bridgehead atoms. The fourth-order valence-corrected chi connectivity index (χ4v) is 2.79. The number of hydrogen-bond donors (Lipinski definition) is 0. The van der Waals surface area contributed by atoms with Gasteiger partial charge in [-0.05, 0) is 49.8 Å². The Bertz CT molecular complexity index is 864. The number of rotatable bonds is 4. The van der Waals surface area contributed by atoms with E-state index >= 15 is 0 Å². The highest BCUT2D eigenvalue weighted by Crippen LogP contribution is 2.28.